The van der Waals surface area contributed by atoms with Gasteiger partial charge < -0.3 is 5.32 Å². The number of benzene rings is 1. The summed E-state index contributed by atoms with van der Waals surface area (Å²) in [5.74, 6) is 0.315. The van der Waals surface area contributed by atoms with Crippen LogP contribution < -0.4 is 11.0 Å². The van der Waals surface area contributed by atoms with E-state index >= 15 is 0 Å². The number of carbonyl (C=O) groups excluding carboxylic acids is 1. The van der Waals surface area contributed by atoms with Gasteiger partial charge in [-0.2, -0.15) is 10.2 Å². The normalized spacial score (nSPS) is 12.2. The van der Waals surface area contributed by atoms with Crippen LogP contribution in [-0.2, 0) is 24.9 Å². The zero-order chi connectivity index (χ0) is 20.4. The Morgan fingerprint density at radius 1 is 1.14 bits per heavy atom. The van der Waals surface area contributed by atoms with Gasteiger partial charge in [0.05, 0.1) is 18.3 Å². The lowest BCUT2D eigenvalue weighted by molar-refractivity contribution is -0.122. The second-order valence-electron chi connectivity index (χ2n) is 7.06. The number of rotatable bonds is 6. The largest absolute Gasteiger partial charge is 0.348 e. The van der Waals surface area contributed by atoms with Gasteiger partial charge in [-0.25, -0.2) is 9.48 Å². The first-order valence-corrected chi connectivity index (χ1v) is 9.25. The van der Waals surface area contributed by atoms with Crippen molar-refractivity contribution in [2.75, 3.05) is 0 Å². The van der Waals surface area contributed by atoms with Gasteiger partial charge in [0.1, 0.15) is 12.4 Å². The van der Waals surface area contributed by atoms with E-state index in [9.17, 15) is 9.59 Å². The molecule has 0 spiro atoms. The zero-order valence-electron chi connectivity index (χ0n) is 16.9. The fraction of sp³-hybridized carbons (Fsp3) is 0.400. The Labute approximate surface area is 163 Å². The van der Waals surface area contributed by atoms with Crippen LogP contribution in [-0.4, -0.2) is 30.0 Å². The summed E-state index contributed by atoms with van der Waals surface area (Å²) in [6.07, 6.45) is 0. The van der Waals surface area contributed by atoms with Crippen molar-refractivity contribution < 1.29 is 4.79 Å². The number of aromatic nitrogens is 5. The minimum Gasteiger partial charge on any atom is -0.348 e. The molecular formula is C20H26N6O2. The van der Waals surface area contributed by atoms with E-state index in [1.165, 1.54) is 4.68 Å². The average molecular weight is 382 g/mol. The van der Waals surface area contributed by atoms with Crippen molar-refractivity contribution in [3.8, 4) is 0 Å². The van der Waals surface area contributed by atoms with E-state index in [2.05, 4.69) is 15.5 Å². The molecule has 0 aliphatic carbocycles. The summed E-state index contributed by atoms with van der Waals surface area (Å²) in [4.78, 5) is 25.2. The van der Waals surface area contributed by atoms with Gasteiger partial charge in [0.2, 0.25) is 5.91 Å². The molecule has 3 rings (SSSR count). The topological polar surface area (TPSA) is 86.7 Å². The minimum atomic E-state index is -0.294. The van der Waals surface area contributed by atoms with E-state index < -0.39 is 0 Å². The Morgan fingerprint density at radius 2 is 1.82 bits per heavy atom. The van der Waals surface area contributed by atoms with Crippen LogP contribution in [0.1, 0.15) is 41.3 Å². The van der Waals surface area contributed by atoms with Crippen LogP contribution in [0.15, 0.2) is 35.1 Å². The van der Waals surface area contributed by atoms with Gasteiger partial charge in [0.15, 0.2) is 0 Å². The summed E-state index contributed by atoms with van der Waals surface area (Å²) in [7, 11) is 1.88. The van der Waals surface area contributed by atoms with E-state index in [-0.39, 0.29) is 24.2 Å². The summed E-state index contributed by atoms with van der Waals surface area (Å²) < 4.78 is 4.58. The molecule has 1 atom stereocenters. The lowest BCUT2D eigenvalue weighted by Gasteiger charge is -2.14. The van der Waals surface area contributed by atoms with E-state index in [0.717, 1.165) is 22.5 Å². The predicted octanol–water partition coefficient (Wildman–Crippen LogP) is 1.63. The number of amides is 1. The average Bonchev–Trinajstić information content (AvgIpc) is 3.04. The summed E-state index contributed by atoms with van der Waals surface area (Å²) in [5.41, 5.74) is 3.60. The van der Waals surface area contributed by atoms with Crippen molar-refractivity contribution >= 4 is 5.91 Å². The summed E-state index contributed by atoms with van der Waals surface area (Å²) in [5, 5.41) is 11.6. The first-order valence-electron chi connectivity index (χ1n) is 9.25. The van der Waals surface area contributed by atoms with Crippen molar-refractivity contribution in [3.63, 3.8) is 0 Å². The molecule has 1 amide bonds. The third-order valence-electron chi connectivity index (χ3n) is 4.96. The molecule has 0 saturated carbocycles. The monoisotopic (exact) mass is 382 g/mol. The van der Waals surface area contributed by atoms with Crippen molar-refractivity contribution in [1.82, 2.24) is 29.4 Å². The van der Waals surface area contributed by atoms with E-state index in [4.69, 9.17) is 0 Å². The van der Waals surface area contributed by atoms with E-state index in [1.807, 2.05) is 58.2 Å². The van der Waals surface area contributed by atoms with Crippen LogP contribution in [0.25, 0.3) is 0 Å². The fourth-order valence-electron chi connectivity index (χ4n) is 3.51. The fourth-order valence-corrected chi connectivity index (χ4v) is 3.51. The minimum absolute atomic E-state index is 0.121. The van der Waals surface area contributed by atoms with E-state index in [0.29, 0.717) is 12.4 Å². The third kappa shape index (κ3) is 3.90. The smallest absolute Gasteiger partial charge is 0.346 e. The van der Waals surface area contributed by atoms with Gasteiger partial charge in [-0.15, -0.1) is 0 Å². The predicted molar refractivity (Wildman–Crippen MR) is 106 cm³/mol. The van der Waals surface area contributed by atoms with Crippen LogP contribution in [0.5, 0.6) is 0 Å². The first kappa shape index (κ1) is 19.6. The Kier molecular flexibility index (Phi) is 5.48. The maximum absolute atomic E-state index is 12.7. The molecule has 0 aliphatic rings. The van der Waals surface area contributed by atoms with Gasteiger partial charge >= 0.3 is 5.69 Å². The maximum atomic E-state index is 12.7. The lowest BCUT2D eigenvalue weighted by Crippen LogP contribution is -2.35. The second kappa shape index (κ2) is 7.84. The molecule has 0 aliphatic heterocycles. The molecule has 8 heteroatoms. The second-order valence-corrected chi connectivity index (χ2v) is 7.06. The molecular weight excluding hydrogens is 356 g/mol. The third-order valence-corrected chi connectivity index (χ3v) is 4.96. The quantitative estimate of drug-likeness (QED) is 0.702. The number of aryl methyl sites for hydroxylation is 3. The van der Waals surface area contributed by atoms with E-state index in [1.54, 1.807) is 16.2 Å². The first-order chi connectivity index (χ1) is 13.3. The highest BCUT2D eigenvalue weighted by Gasteiger charge is 2.19. The number of nitrogens with one attached hydrogen (secondary N) is 1. The Balaban J connectivity index is 1.72. The number of hydrogen-bond donors (Lipinski definition) is 1. The molecule has 2 heterocycles. The van der Waals surface area contributed by atoms with Gasteiger partial charge in [0, 0.05) is 18.3 Å². The van der Waals surface area contributed by atoms with Crippen LogP contribution in [0.2, 0.25) is 0 Å². The summed E-state index contributed by atoms with van der Waals surface area (Å²) in [6, 6.07) is 9.49. The number of nitrogens with zero attached hydrogens (tertiary/aromatic N) is 5. The molecule has 1 unspecified atom stereocenters. The molecule has 8 nitrogen and oxygen atoms in total. The van der Waals surface area contributed by atoms with Gasteiger partial charge in [-0.3, -0.25) is 14.0 Å². The van der Waals surface area contributed by atoms with Gasteiger partial charge in [-0.1, -0.05) is 30.3 Å². The molecule has 148 valence electrons. The van der Waals surface area contributed by atoms with Crippen LogP contribution in [0.4, 0.5) is 0 Å². The Bertz CT molecular complexity index is 1040. The molecule has 0 bridgehead atoms. The molecule has 2 aromatic heterocycles. The maximum Gasteiger partial charge on any atom is 0.346 e. The van der Waals surface area contributed by atoms with Crippen molar-refractivity contribution in [1.29, 1.82) is 0 Å². The Morgan fingerprint density at radius 3 is 2.43 bits per heavy atom. The highest BCUT2D eigenvalue weighted by molar-refractivity contribution is 5.76. The SMILES string of the molecule is Cc1nn(C)c(C)c1C(C)NC(=O)Cn1nc(C)n(Cc2ccccc2)c1=O. The molecule has 1 aromatic carbocycles. The molecule has 0 fully saturated rings. The van der Waals surface area contributed by atoms with Crippen LogP contribution >= 0.6 is 0 Å². The molecule has 28 heavy (non-hydrogen) atoms. The molecule has 1 N–H and O–H groups in total. The number of carbonyl (C=O) groups is 1. The molecule has 0 radical (unpaired) electrons. The van der Waals surface area contributed by atoms with Crippen molar-refractivity contribution in [2.45, 2.75) is 46.8 Å². The van der Waals surface area contributed by atoms with Crippen molar-refractivity contribution in [2.24, 2.45) is 7.05 Å². The Hall–Kier alpha value is -3.16. The highest BCUT2D eigenvalue weighted by atomic mass is 16.2. The molecule has 3 aromatic rings. The van der Waals surface area contributed by atoms with Crippen LogP contribution in [0.3, 0.4) is 0 Å². The zero-order valence-corrected chi connectivity index (χ0v) is 16.9. The molecule has 0 saturated heterocycles. The van der Waals surface area contributed by atoms with Crippen molar-refractivity contribution in [3.05, 3.63) is 69.2 Å². The van der Waals surface area contributed by atoms with Crippen LogP contribution in [0, 0.1) is 20.8 Å². The number of hydrogen-bond acceptors (Lipinski definition) is 4. The standard InChI is InChI=1S/C20H26N6O2/c1-13(19-14(2)22-24(5)15(19)3)21-18(27)12-26-20(28)25(16(4)23-26)11-17-9-7-6-8-10-17/h6-10,13H,11-12H2,1-5H3,(H,21,27). The highest BCUT2D eigenvalue weighted by Crippen LogP contribution is 2.20. The summed E-state index contributed by atoms with van der Waals surface area (Å²) in [6.45, 7) is 7.88. The summed E-state index contributed by atoms with van der Waals surface area (Å²) >= 11 is 0. The van der Waals surface area contributed by atoms with Gasteiger partial charge in [-0.05, 0) is 33.3 Å². The lowest BCUT2D eigenvalue weighted by atomic mass is 10.1. The van der Waals surface area contributed by atoms with Gasteiger partial charge in [0.25, 0.3) is 0 Å².